The van der Waals surface area contributed by atoms with Gasteiger partial charge in [0.1, 0.15) is 0 Å². The van der Waals surface area contributed by atoms with Gasteiger partial charge in [0.15, 0.2) is 0 Å². The quantitative estimate of drug-likeness (QED) is 0.616. The summed E-state index contributed by atoms with van der Waals surface area (Å²) < 4.78 is 5.45. The summed E-state index contributed by atoms with van der Waals surface area (Å²) in [5.74, 6) is -0.681. The topological polar surface area (TPSA) is 75.6 Å². The highest BCUT2D eigenvalue weighted by molar-refractivity contribution is 5.75. The van der Waals surface area contributed by atoms with E-state index >= 15 is 0 Å². The fourth-order valence-electron chi connectivity index (χ4n) is 2.06. The molecule has 1 aliphatic rings. The third-order valence-electron chi connectivity index (χ3n) is 3.11. The molecule has 0 spiro atoms. The largest absolute Gasteiger partial charge is 0.481 e. The standard InChI is InChI=1S/C13H23NO4/c15-12(8-7-11-5-4-10-18-11)14-9-3-1-2-6-13(16)17/h11H,1-10H2,(H,14,15)(H,16,17). The number of hydrogen-bond donors (Lipinski definition) is 2. The molecule has 0 aromatic rings. The first-order valence-electron chi connectivity index (χ1n) is 6.78. The molecule has 5 nitrogen and oxygen atoms in total. The highest BCUT2D eigenvalue weighted by Gasteiger charge is 2.16. The molecule has 0 saturated carbocycles. The number of hydrogen-bond acceptors (Lipinski definition) is 3. The van der Waals surface area contributed by atoms with E-state index < -0.39 is 5.97 Å². The number of carbonyl (C=O) groups excluding carboxylic acids is 1. The first-order valence-corrected chi connectivity index (χ1v) is 6.78. The van der Waals surface area contributed by atoms with Crippen LogP contribution in [0.2, 0.25) is 0 Å². The molecule has 0 radical (unpaired) electrons. The van der Waals surface area contributed by atoms with Gasteiger partial charge in [-0.15, -0.1) is 0 Å². The lowest BCUT2D eigenvalue weighted by molar-refractivity contribution is -0.137. The lowest BCUT2D eigenvalue weighted by Gasteiger charge is -2.09. The van der Waals surface area contributed by atoms with Gasteiger partial charge in [0.05, 0.1) is 6.10 Å². The van der Waals surface area contributed by atoms with Crippen LogP contribution in [0.3, 0.4) is 0 Å². The van der Waals surface area contributed by atoms with Crippen molar-refractivity contribution in [1.29, 1.82) is 0 Å². The van der Waals surface area contributed by atoms with E-state index in [9.17, 15) is 9.59 Å². The number of aliphatic carboxylic acids is 1. The van der Waals surface area contributed by atoms with E-state index in [4.69, 9.17) is 9.84 Å². The summed E-state index contributed by atoms with van der Waals surface area (Å²) in [5.41, 5.74) is 0. The molecule has 1 fully saturated rings. The molecule has 5 heteroatoms. The van der Waals surface area contributed by atoms with E-state index in [-0.39, 0.29) is 18.4 Å². The Hall–Kier alpha value is -1.10. The Balaban J connectivity index is 1.88. The minimum Gasteiger partial charge on any atom is -0.481 e. The van der Waals surface area contributed by atoms with Gasteiger partial charge in [-0.3, -0.25) is 9.59 Å². The number of rotatable bonds is 9. The van der Waals surface area contributed by atoms with Crippen molar-refractivity contribution in [2.75, 3.05) is 13.2 Å². The van der Waals surface area contributed by atoms with Gasteiger partial charge in [-0.2, -0.15) is 0 Å². The normalized spacial score (nSPS) is 18.8. The number of nitrogens with one attached hydrogen (secondary N) is 1. The average Bonchev–Trinajstić information content (AvgIpc) is 2.83. The molecule has 1 heterocycles. The predicted octanol–water partition coefficient (Wildman–Crippen LogP) is 1.71. The Morgan fingerprint density at radius 1 is 1.22 bits per heavy atom. The molecule has 0 bridgehead atoms. The lowest BCUT2D eigenvalue weighted by atomic mass is 10.1. The Morgan fingerprint density at radius 2 is 2.06 bits per heavy atom. The van der Waals surface area contributed by atoms with Gasteiger partial charge < -0.3 is 15.2 Å². The maximum Gasteiger partial charge on any atom is 0.303 e. The highest BCUT2D eigenvalue weighted by atomic mass is 16.5. The van der Waals surface area contributed by atoms with Gasteiger partial charge in [0.2, 0.25) is 5.91 Å². The zero-order chi connectivity index (χ0) is 13.2. The van der Waals surface area contributed by atoms with E-state index in [1.165, 1.54) is 0 Å². The molecule has 1 rings (SSSR count). The summed E-state index contributed by atoms with van der Waals surface area (Å²) in [6.45, 7) is 1.47. The molecule has 104 valence electrons. The van der Waals surface area contributed by atoms with Crippen LogP contribution in [-0.4, -0.2) is 36.2 Å². The Morgan fingerprint density at radius 3 is 2.72 bits per heavy atom. The second kappa shape index (κ2) is 8.91. The zero-order valence-corrected chi connectivity index (χ0v) is 10.8. The van der Waals surface area contributed by atoms with Gasteiger partial charge in [-0.1, -0.05) is 6.42 Å². The van der Waals surface area contributed by atoms with Crippen LogP contribution in [0, 0.1) is 0 Å². The fourth-order valence-corrected chi connectivity index (χ4v) is 2.06. The number of carbonyl (C=O) groups is 2. The maximum atomic E-state index is 11.5. The Kier molecular flexibility index (Phi) is 7.41. The van der Waals surface area contributed by atoms with Crippen LogP contribution in [0.15, 0.2) is 0 Å². The van der Waals surface area contributed by atoms with Crippen molar-refractivity contribution in [3.05, 3.63) is 0 Å². The molecule has 0 aromatic heterocycles. The summed E-state index contributed by atoms with van der Waals surface area (Å²) >= 11 is 0. The molecule has 0 aliphatic carbocycles. The lowest BCUT2D eigenvalue weighted by Crippen LogP contribution is -2.25. The van der Waals surface area contributed by atoms with Crippen molar-refractivity contribution in [2.24, 2.45) is 0 Å². The molecule has 1 aliphatic heterocycles. The van der Waals surface area contributed by atoms with Gasteiger partial charge in [0.25, 0.3) is 0 Å². The van der Waals surface area contributed by atoms with Crippen molar-refractivity contribution in [1.82, 2.24) is 5.32 Å². The number of unbranched alkanes of at least 4 members (excludes halogenated alkanes) is 2. The minimum absolute atomic E-state index is 0.0729. The van der Waals surface area contributed by atoms with Crippen LogP contribution in [-0.2, 0) is 14.3 Å². The second-order valence-corrected chi connectivity index (χ2v) is 4.73. The molecule has 1 amide bonds. The van der Waals surface area contributed by atoms with Crippen LogP contribution < -0.4 is 5.32 Å². The molecule has 18 heavy (non-hydrogen) atoms. The van der Waals surface area contributed by atoms with E-state index in [1.54, 1.807) is 0 Å². The van der Waals surface area contributed by atoms with Crippen LogP contribution in [0.5, 0.6) is 0 Å². The van der Waals surface area contributed by atoms with Crippen molar-refractivity contribution in [3.63, 3.8) is 0 Å². The zero-order valence-electron chi connectivity index (χ0n) is 10.8. The third-order valence-corrected chi connectivity index (χ3v) is 3.11. The van der Waals surface area contributed by atoms with Crippen LogP contribution in [0.1, 0.15) is 51.4 Å². The minimum atomic E-state index is -0.754. The summed E-state index contributed by atoms with van der Waals surface area (Å²) in [7, 11) is 0. The molecule has 2 N–H and O–H groups in total. The highest BCUT2D eigenvalue weighted by Crippen LogP contribution is 2.16. The summed E-state index contributed by atoms with van der Waals surface area (Å²) in [4.78, 5) is 21.7. The van der Waals surface area contributed by atoms with Gasteiger partial charge >= 0.3 is 5.97 Å². The van der Waals surface area contributed by atoms with Crippen molar-refractivity contribution < 1.29 is 19.4 Å². The van der Waals surface area contributed by atoms with Gasteiger partial charge in [-0.25, -0.2) is 0 Å². The fraction of sp³-hybridized carbons (Fsp3) is 0.846. The second-order valence-electron chi connectivity index (χ2n) is 4.73. The number of carboxylic acid groups (broad SMARTS) is 1. The van der Waals surface area contributed by atoms with Crippen molar-refractivity contribution in [2.45, 2.75) is 57.5 Å². The molecular formula is C13H23NO4. The van der Waals surface area contributed by atoms with E-state index in [0.717, 1.165) is 38.7 Å². The SMILES string of the molecule is O=C(O)CCCCCNC(=O)CCC1CCCO1. The Labute approximate surface area is 108 Å². The van der Waals surface area contributed by atoms with Crippen molar-refractivity contribution >= 4 is 11.9 Å². The van der Waals surface area contributed by atoms with Gasteiger partial charge in [-0.05, 0) is 32.1 Å². The molecule has 1 atom stereocenters. The first-order chi connectivity index (χ1) is 8.68. The maximum absolute atomic E-state index is 11.5. The number of amides is 1. The smallest absolute Gasteiger partial charge is 0.303 e. The first kappa shape index (κ1) is 15.0. The summed E-state index contributed by atoms with van der Waals surface area (Å²) in [5, 5.41) is 11.3. The van der Waals surface area contributed by atoms with E-state index in [2.05, 4.69) is 5.32 Å². The number of carboxylic acids is 1. The Bertz CT molecular complexity index is 262. The summed E-state index contributed by atoms with van der Waals surface area (Å²) in [6.07, 6.45) is 6.38. The van der Waals surface area contributed by atoms with Crippen molar-refractivity contribution in [3.8, 4) is 0 Å². The van der Waals surface area contributed by atoms with Crippen LogP contribution in [0.25, 0.3) is 0 Å². The average molecular weight is 257 g/mol. The molecule has 1 saturated heterocycles. The van der Waals surface area contributed by atoms with Crippen LogP contribution in [0.4, 0.5) is 0 Å². The van der Waals surface area contributed by atoms with Gasteiger partial charge in [0, 0.05) is 26.0 Å². The predicted molar refractivity (Wildman–Crippen MR) is 67.3 cm³/mol. The number of ether oxygens (including phenoxy) is 1. The van der Waals surface area contributed by atoms with E-state index in [1.807, 2.05) is 0 Å². The molecule has 1 unspecified atom stereocenters. The van der Waals surface area contributed by atoms with Crippen LogP contribution >= 0.6 is 0 Å². The molecular weight excluding hydrogens is 234 g/mol. The van der Waals surface area contributed by atoms with E-state index in [0.29, 0.717) is 19.4 Å². The summed E-state index contributed by atoms with van der Waals surface area (Å²) in [6, 6.07) is 0. The monoisotopic (exact) mass is 257 g/mol. The molecule has 0 aromatic carbocycles. The third kappa shape index (κ3) is 7.27.